The number of aliphatic hydroxyl groups excluding tert-OH is 1. The number of carbonyl (C=O) groups excluding carboxylic acids is 1. The van der Waals surface area contributed by atoms with Gasteiger partial charge in [-0.3, -0.25) is 4.79 Å². The average molecular weight is 329 g/mol. The number of hydrogen-bond acceptors (Lipinski definition) is 4. The highest BCUT2D eigenvalue weighted by Gasteiger charge is 2.28. The highest BCUT2D eigenvalue weighted by atomic mass is 16.4. The van der Waals surface area contributed by atoms with Crippen molar-refractivity contribution in [2.45, 2.75) is 19.4 Å². The summed E-state index contributed by atoms with van der Waals surface area (Å²) >= 11 is 0. The largest absolute Gasteiger partial charge is 0.478 e. The van der Waals surface area contributed by atoms with Gasteiger partial charge in [0.1, 0.15) is 12.4 Å². The number of furan rings is 1. The average Bonchev–Trinajstić information content (AvgIpc) is 3.24. The monoisotopic (exact) mass is 329 g/mol. The number of nitrogens with zero attached hydrogens (tertiary/aromatic N) is 1. The molecule has 3 rings (SSSR count). The topological polar surface area (TPSA) is 91.0 Å². The van der Waals surface area contributed by atoms with Crippen molar-refractivity contribution in [3.63, 3.8) is 0 Å². The highest BCUT2D eigenvalue weighted by Crippen LogP contribution is 2.23. The Labute approximate surface area is 139 Å². The van der Waals surface area contributed by atoms with Crippen LogP contribution in [-0.4, -0.2) is 40.1 Å². The molecule has 1 aromatic carbocycles. The second-order valence-electron chi connectivity index (χ2n) is 6.04. The lowest BCUT2D eigenvalue weighted by molar-refractivity contribution is 0.0695. The van der Waals surface area contributed by atoms with E-state index < -0.39 is 5.97 Å². The van der Waals surface area contributed by atoms with E-state index in [9.17, 15) is 9.59 Å². The molecule has 1 fully saturated rings. The van der Waals surface area contributed by atoms with E-state index in [1.54, 1.807) is 29.2 Å². The molecule has 0 radical (unpaired) electrons. The predicted molar refractivity (Wildman–Crippen MR) is 85.7 cm³/mol. The first-order valence-electron chi connectivity index (χ1n) is 7.88. The van der Waals surface area contributed by atoms with Crippen LogP contribution in [0.5, 0.6) is 0 Å². The van der Waals surface area contributed by atoms with E-state index >= 15 is 0 Å². The lowest BCUT2D eigenvalue weighted by Crippen LogP contribution is -2.28. The molecule has 1 aromatic heterocycles. The highest BCUT2D eigenvalue weighted by molar-refractivity contribution is 5.91. The SMILES string of the molecule is O=C(O)c1ccc(C[C@@H]2CCN(C(=O)c3ccc(CO)o3)C2)cc1. The molecule has 2 aromatic rings. The molecular formula is C18H19NO5. The Morgan fingerprint density at radius 2 is 1.92 bits per heavy atom. The molecule has 6 nitrogen and oxygen atoms in total. The quantitative estimate of drug-likeness (QED) is 0.877. The van der Waals surface area contributed by atoms with Crippen molar-refractivity contribution >= 4 is 11.9 Å². The second kappa shape index (κ2) is 6.88. The number of amides is 1. The fraction of sp³-hybridized carbons (Fsp3) is 0.333. The van der Waals surface area contributed by atoms with Crippen molar-refractivity contribution in [1.29, 1.82) is 0 Å². The van der Waals surface area contributed by atoms with Crippen molar-refractivity contribution in [1.82, 2.24) is 4.90 Å². The molecule has 24 heavy (non-hydrogen) atoms. The Morgan fingerprint density at radius 1 is 1.17 bits per heavy atom. The van der Waals surface area contributed by atoms with Crippen LogP contribution in [0.25, 0.3) is 0 Å². The molecule has 2 N–H and O–H groups in total. The van der Waals surface area contributed by atoms with Crippen LogP contribution in [0.4, 0.5) is 0 Å². The van der Waals surface area contributed by atoms with Crippen LogP contribution < -0.4 is 0 Å². The van der Waals surface area contributed by atoms with E-state index in [0.29, 0.717) is 24.8 Å². The smallest absolute Gasteiger partial charge is 0.335 e. The van der Waals surface area contributed by atoms with Gasteiger partial charge in [-0.25, -0.2) is 4.79 Å². The normalized spacial score (nSPS) is 17.2. The minimum absolute atomic E-state index is 0.154. The Balaban J connectivity index is 1.58. The predicted octanol–water partition coefficient (Wildman–Crippen LogP) is 2.17. The zero-order chi connectivity index (χ0) is 17.1. The van der Waals surface area contributed by atoms with Crippen LogP contribution in [0.15, 0.2) is 40.8 Å². The third-order valence-electron chi connectivity index (χ3n) is 4.33. The molecule has 0 unspecified atom stereocenters. The zero-order valence-electron chi connectivity index (χ0n) is 13.1. The van der Waals surface area contributed by atoms with E-state index in [0.717, 1.165) is 18.4 Å². The fourth-order valence-electron chi connectivity index (χ4n) is 3.03. The van der Waals surface area contributed by atoms with Crippen molar-refractivity contribution in [3.05, 3.63) is 59.0 Å². The minimum atomic E-state index is -0.931. The van der Waals surface area contributed by atoms with E-state index in [1.807, 2.05) is 12.1 Å². The van der Waals surface area contributed by atoms with Gasteiger partial charge in [0.05, 0.1) is 5.56 Å². The fourth-order valence-corrected chi connectivity index (χ4v) is 3.03. The summed E-state index contributed by atoms with van der Waals surface area (Å²) in [6, 6.07) is 10.1. The summed E-state index contributed by atoms with van der Waals surface area (Å²) < 4.78 is 5.30. The molecular weight excluding hydrogens is 310 g/mol. The van der Waals surface area contributed by atoms with Gasteiger partial charge in [0.25, 0.3) is 5.91 Å². The van der Waals surface area contributed by atoms with Gasteiger partial charge in [0, 0.05) is 13.1 Å². The van der Waals surface area contributed by atoms with Gasteiger partial charge in [-0.1, -0.05) is 12.1 Å². The first-order chi connectivity index (χ1) is 11.6. The number of likely N-dealkylation sites (tertiary alicyclic amines) is 1. The van der Waals surface area contributed by atoms with Gasteiger partial charge in [-0.15, -0.1) is 0 Å². The van der Waals surface area contributed by atoms with Crippen LogP contribution in [0.3, 0.4) is 0 Å². The lowest BCUT2D eigenvalue weighted by Gasteiger charge is -2.15. The van der Waals surface area contributed by atoms with Gasteiger partial charge < -0.3 is 19.5 Å². The first-order valence-corrected chi connectivity index (χ1v) is 7.88. The molecule has 6 heteroatoms. The standard InChI is InChI=1S/C18H19NO5/c20-11-15-5-6-16(24-15)17(21)19-8-7-13(10-19)9-12-1-3-14(4-2-12)18(22)23/h1-6,13,20H,7-11H2,(H,22,23)/t13-/m0/s1. The lowest BCUT2D eigenvalue weighted by atomic mass is 9.98. The summed E-state index contributed by atoms with van der Waals surface area (Å²) in [5.74, 6) is -0.103. The number of carboxylic acids is 1. The number of aliphatic hydroxyl groups is 1. The molecule has 1 atom stereocenters. The van der Waals surface area contributed by atoms with Gasteiger partial charge in [0.2, 0.25) is 0 Å². The summed E-state index contributed by atoms with van der Waals surface area (Å²) in [6.07, 6.45) is 1.71. The van der Waals surface area contributed by atoms with Gasteiger partial charge in [-0.2, -0.15) is 0 Å². The Hall–Kier alpha value is -2.60. The molecule has 0 spiro atoms. The third kappa shape index (κ3) is 3.49. The van der Waals surface area contributed by atoms with Gasteiger partial charge in [0.15, 0.2) is 5.76 Å². The van der Waals surface area contributed by atoms with E-state index in [1.165, 1.54) is 0 Å². The van der Waals surface area contributed by atoms with E-state index in [4.69, 9.17) is 14.6 Å². The Bertz CT molecular complexity index is 734. The van der Waals surface area contributed by atoms with Crippen LogP contribution >= 0.6 is 0 Å². The number of carboxylic acid groups (broad SMARTS) is 1. The van der Waals surface area contributed by atoms with Crippen molar-refractivity contribution in [2.24, 2.45) is 5.92 Å². The van der Waals surface area contributed by atoms with E-state index in [2.05, 4.69) is 0 Å². The van der Waals surface area contributed by atoms with Crippen LogP contribution in [0, 0.1) is 5.92 Å². The Kier molecular flexibility index (Phi) is 4.66. The summed E-state index contributed by atoms with van der Waals surface area (Å²) in [5, 5.41) is 17.9. The zero-order valence-corrected chi connectivity index (χ0v) is 13.1. The van der Waals surface area contributed by atoms with Crippen LogP contribution in [-0.2, 0) is 13.0 Å². The van der Waals surface area contributed by atoms with Gasteiger partial charge >= 0.3 is 5.97 Å². The number of aromatic carboxylic acids is 1. The molecule has 1 aliphatic heterocycles. The maximum Gasteiger partial charge on any atom is 0.335 e. The summed E-state index contributed by atoms with van der Waals surface area (Å²) in [6.45, 7) is 1.10. The number of rotatable bonds is 5. The number of benzene rings is 1. The van der Waals surface area contributed by atoms with Crippen molar-refractivity contribution < 1.29 is 24.2 Å². The van der Waals surface area contributed by atoms with Crippen LogP contribution in [0.1, 0.15) is 38.7 Å². The second-order valence-corrected chi connectivity index (χ2v) is 6.04. The Morgan fingerprint density at radius 3 is 2.54 bits per heavy atom. The van der Waals surface area contributed by atoms with Gasteiger partial charge in [-0.05, 0) is 48.6 Å². The maximum atomic E-state index is 12.4. The first kappa shape index (κ1) is 16.3. The summed E-state index contributed by atoms with van der Waals surface area (Å²) in [7, 11) is 0. The molecule has 2 heterocycles. The number of carbonyl (C=O) groups is 2. The molecule has 0 aliphatic carbocycles. The molecule has 1 amide bonds. The molecule has 126 valence electrons. The molecule has 1 saturated heterocycles. The molecule has 1 aliphatic rings. The molecule has 0 bridgehead atoms. The summed E-state index contributed by atoms with van der Waals surface area (Å²) in [4.78, 5) is 25.0. The minimum Gasteiger partial charge on any atom is -0.478 e. The number of hydrogen-bond donors (Lipinski definition) is 2. The van der Waals surface area contributed by atoms with E-state index in [-0.39, 0.29) is 23.8 Å². The third-order valence-corrected chi connectivity index (χ3v) is 4.33. The maximum absolute atomic E-state index is 12.4. The van der Waals surface area contributed by atoms with Crippen molar-refractivity contribution in [3.8, 4) is 0 Å². The molecule has 0 saturated carbocycles. The van der Waals surface area contributed by atoms with Crippen LogP contribution in [0.2, 0.25) is 0 Å². The van der Waals surface area contributed by atoms with Crippen molar-refractivity contribution in [2.75, 3.05) is 13.1 Å². The summed E-state index contributed by atoms with van der Waals surface area (Å²) in [5.41, 5.74) is 1.35.